The number of H-pyrrole nitrogens is 1. The van der Waals surface area contributed by atoms with Gasteiger partial charge in [0.05, 0.1) is 7.11 Å². The van der Waals surface area contributed by atoms with Crippen molar-refractivity contribution in [1.82, 2.24) is 9.88 Å². The van der Waals surface area contributed by atoms with Crippen LogP contribution in [-0.4, -0.2) is 36.0 Å². The van der Waals surface area contributed by atoms with E-state index < -0.39 is 0 Å². The fourth-order valence-electron chi connectivity index (χ4n) is 4.28. The molecule has 0 radical (unpaired) electrons. The number of likely N-dealkylation sites (tertiary alicyclic amines) is 1. The number of methoxy groups -OCH3 is 1. The molecule has 1 unspecified atom stereocenters. The minimum absolute atomic E-state index is 0.360. The summed E-state index contributed by atoms with van der Waals surface area (Å²) in [6.07, 6.45) is 2.16. The van der Waals surface area contributed by atoms with E-state index in [1.807, 2.05) is 18.2 Å². The summed E-state index contributed by atoms with van der Waals surface area (Å²) < 4.78 is 5.36. The summed E-state index contributed by atoms with van der Waals surface area (Å²) in [5, 5.41) is 1.23. The number of primary amides is 1. The monoisotopic (exact) mass is 377 g/mol. The molecular formula is C23H27N3O2. The fourth-order valence-corrected chi connectivity index (χ4v) is 4.28. The molecule has 2 aromatic carbocycles. The van der Waals surface area contributed by atoms with Crippen LogP contribution in [0.25, 0.3) is 10.9 Å². The van der Waals surface area contributed by atoms with Crippen LogP contribution in [0.5, 0.6) is 5.75 Å². The van der Waals surface area contributed by atoms with Crippen LogP contribution in [0.3, 0.4) is 0 Å². The summed E-state index contributed by atoms with van der Waals surface area (Å²) in [6.45, 7) is 5.27. The van der Waals surface area contributed by atoms with Crippen LogP contribution in [-0.2, 0) is 13.0 Å². The number of benzene rings is 2. The molecule has 1 aromatic heterocycles. The summed E-state index contributed by atoms with van der Waals surface area (Å²) in [5.41, 5.74) is 10.9. The van der Waals surface area contributed by atoms with E-state index in [0.29, 0.717) is 11.5 Å². The molecule has 146 valence electrons. The van der Waals surface area contributed by atoms with Crippen molar-refractivity contribution in [2.45, 2.75) is 26.3 Å². The van der Waals surface area contributed by atoms with Gasteiger partial charge in [-0.1, -0.05) is 12.1 Å². The number of hydrogen-bond acceptors (Lipinski definition) is 3. The molecule has 1 saturated heterocycles. The zero-order chi connectivity index (χ0) is 19.7. The van der Waals surface area contributed by atoms with Crippen LogP contribution >= 0.6 is 0 Å². The Labute approximate surface area is 165 Å². The molecule has 1 atom stereocenters. The number of aryl methyl sites for hydroxylation is 1. The molecule has 3 aromatic rings. The van der Waals surface area contributed by atoms with E-state index >= 15 is 0 Å². The molecule has 2 heterocycles. The third-order valence-electron chi connectivity index (χ3n) is 5.86. The molecule has 0 bridgehead atoms. The molecule has 4 rings (SSSR count). The van der Waals surface area contributed by atoms with Crippen LogP contribution in [0.2, 0.25) is 0 Å². The Morgan fingerprint density at radius 3 is 2.93 bits per heavy atom. The summed E-state index contributed by atoms with van der Waals surface area (Å²) in [6, 6.07) is 13.9. The molecule has 5 nitrogen and oxygen atoms in total. The first-order chi connectivity index (χ1) is 13.5. The first kappa shape index (κ1) is 18.6. The maximum absolute atomic E-state index is 11.4. The number of amides is 1. The molecule has 0 saturated carbocycles. The van der Waals surface area contributed by atoms with Gasteiger partial charge in [-0.3, -0.25) is 9.69 Å². The normalized spacial score (nSPS) is 17.3. The van der Waals surface area contributed by atoms with Gasteiger partial charge in [0.2, 0.25) is 5.91 Å². The largest absolute Gasteiger partial charge is 0.497 e. The number of carbonyl (C=O) groups is 1. The van der Waals surface area contributed by atoms with Gasteiger partial charge in [0.1, 0.15) is 5.75 Å². The highest BCUT2D eigenvalue weighted by molar-refractivity contribution is 5.92. The number of fused-ring (bicyclic) bond motifs is 1. The van der Waals surface area contributed by atoms with Crippen LogP contribution in [0.1, 0.15) is 33.6 Å². The number of nitrogens with one attached hydrogen (secondary N) is 1. The van der Waals surface area contributed by atoms with Crippen LogP contribution < -0.4 is 10.5 Å². The molecule has 1 amide bonds. The second-order valence-corrected chi connectivity index (χ2v) is 7.80. The quantitative estimate of drug-likeness (QED) is 0.689. The van der Waals surface area contributed by atoms with E-state index in [9.17, 15) is 4.79 Å². The van der Waals surface area contributed by atoms with Gasteiger partial charge in [-0.25, -0.2) is 0 Å². The third kappa shape index (κ3) is 3.76. The highest BCUT2D eigenvalue weighted by atomic mass is 16.5. The number of hydrogen-bond donors (Lipinski definition) is 2. The zero-order valence-electron chi connectivity index (χ0n) is 16.5. The molecule has 1 aliphatic heterocycles. The Morgan fingerprint density at radius 1 is 1.29 bits per heavy atom. The van der Waals surface area contributed by atoms with E-state index in [2.05, 4.69) is 35.0 Å². The minimum atomic E-state index is -0.360. The van der Waals surface area contributed by atoms with Gasteiger partial charge in [0.25, 0.3) is 0 Å². The van der Waals surface area contributed by atoms with Crippen molar-refractivity contribution in [2.75, 3.05) is 20.2 Å². The Bertz CT molecular complexity index is 1010. The van der Waals surface area contributed by atoms with Crippen LogP contribution in [0, 0.1) is 12.8 Å². The van der Waals surface area contributed by atoms with Crippen molar-refractivity contribution in [3.8, 4) is 5.75 Å². The van der Waals surface area contributed by atoms with E-state index in [4.69, 9.17) is 10.5 Å². The number of carbonyl (C=O) groups excluding carboxylic acids is 1. The average Bonchev–Trinajstić information content (AvgIpc) is 3.26. The second-order valence-electron chi connectivity index (χ2n) is 7.80. The lowest BCUT2D eigenvalue weighted by atomic mass is 9.97. The van der Waals surface area contributed by atoms with Gasteiger partial charge >= 0.3 is 0 Å². The highest BCUT2D eigenvalue weighted by Crippen LogP contribution is 2.28. The second kappa shape index (κ2) is 7.68. The number of aromatic amines is 1. The number of nitrogens with zero attached hydrogens (tertiary/aromatic N) is 1. The van der Waals surface area contributed by atoms with Crippen molar-refractivity contribution in [3.63, 3.8) is 0 Å². The van der Waals surface area contributed by atoms with Gasteiger partial charge in [0.15, 0.2) is 0 Å². The van der Waals surface area contributed by atoms with Crippen LogP contribution in [0.4, 0.5) is 0 Å². The molecular weight excluding hydrogens is 350 g/mol. The van der Waals surface area contributed by atoms with Gasteiger partial charge in [-0.15, -0.1) is 0 Å². The third-order valence-corrected chi connectivity index (χ3v) is 5.86. The summed E-state index contributed by atoms with van der Waals surface area (Å²) in [7, 11) is 1.70. The lowest BCUT2D eigenvalue weighted by Gasteiger charge is -2.16. The maximum Gasteiger partial charge on any atom is 0.248 e. The minimum Gasteiger partial charge on any atom is -0.497 e. The van der Waals surface area contributed by atoms with Crippen molar-refractivity contribution < 1.29 is 9.53 Å². The smallest absolute Gasteiger partial charge is 0.248 e. The highest BCUT2D eigenvalue weighted by Gasteiger charge is 2.24. The van der Waals surface area contributed by atoms with E-state index in [0.717, 1.165) is 37.3 Å². The van der Waals surface area contributed by atoms with Gasteiger partial charge < -0.3 is 15.5 Å². The van der Waals surface area contributed by atoms with Crippen molar-refractivity contribution in [2.24, 2.45) is 11.7 Å². The van der Waals surface area contributed by atoms with Gasteiger partial charge in [-0.05, 0) is 73.7 Å². The predicted octanol–water partition coefficient (Wildman–Crippen LogP) is 3.65. The average molecular weight is 377 g/mol. The molecule has 1 fully saturated rings. The Hall–Kier alpha value is -2.79. The van der Waals surface area contributed by atoms with Crippen molar-refractivity contribution >= 4 is 16.8 Å². The first-order valence-corrected chi connectivity index (χ1v) is 9.80. The maximum atomic E-state index is 11.4. The number of aromatic nitrogens is 1. The molecule has 0 aliphatic carbocycles. The number of ether oxygens (including phenoxy) is 1. The Kier molecular flexibility index (Phi) is 5.09. The molecule has 5 heteroatoms. The molecule has 3 N–H and O–H groups in total. The van der Waals surface area contributed by atoms with Crippen molar-refractivity contribution in [3.05, 3.63) is 64.8 Å². The SMILES string of the molecule is COc1ccc2[nH]c(CN3CCC(Cc4cccc(C(N)=O)c4)C3)c(C)c2c1. The number of rotatable bonds is 6. The Morgan fingerprint density at radius 2 is 2.14 bits per heavy atom. The van der Waals surface area contributed by atoms with E-state index in [-0.39, 0.29) is 5.91 Å². The molecule has 1 aliphatic rings. The predicted molar refractivity (Wildman–Crippen MR) is 112 cm³/mol. The summed E-state index contributed by atoms with van der Waals surface area (Å²) in [4.78, 5) is 17.5. The first-order valence-electron chi connectivity index (χ1n) is 9.80. The van der Waals surface area contributed by atoms with Crippen LogP contribution in [0.15, 0.2) is 42.5 Å². The van der Waals surface area contributed by atoms with E-state index in [1.165, 1.54) is 28.6 Å². The molecule has 28 heavy (non-hydrogen) atoms. The lowest BCUT2D eigenvalue weighted by Crippen LogP contribution is -2.21. The van der Waals surface area contributed by atoms with Gasteiger partial charge in [0, 0.05) is 35.2 Å². The fraction of sp³-hybridized carbons (Fsp3) is 0.348. The number of nitrogens with two attached hydrogens (primary N) is 1. The lowest BCUT2D eigenvalue weighted by molar-refractivity contribution is 0.1000. The van der Waals surface area contributed by atoms with E-state index in [1.54, 1.807) is 13.2 Å². The van der Waals surface area contributed by atoms with Gasteiger partial charge in [-0.2, -0.15) is 0 Å². The summed E-state index contributed by atoms with van der Waals surface area (Å²) in [5.74, 6) is 1.13. The Balaban J connectivity index is 1.42. The molecule has 0 spiro atoms. The summed E-state index contributed by atoms with van der Waals surface area (Å²) >= 11 is 0. The zero-order valence-corrected chi connectivity index (χ0v) is 16.5. The van der Waals surface area contributed by atoms with Crippen molar-refractivity contribution in [1.29, 1.82) is 0 Å². The standard InChI is InChI=1S/C23H27N3O2/c1-15-20-12-19(28-2)6-7-21(20)25-22(15)14-26-9-8-17(13-26)10-16-4-3-5-18(11-16)23(24)27/h3-7,11-12,17,25H,8-10,13-14H2,1-2H3,(H2,24,27). The topological polar surface area (TPSA) is 71.3 Å².